The van der Waals surface area contributed by atoms with Gasteiger partial charge in [0, 0.05) is 57.4 Å². The van der Waals surface area contributed by atoms with Crippen LogP contribution in [0.5, 0.6) is 5.75 Å². The van der Waals surface area contributed by atoms with Crippen molar-refractivity contribution in [2.75, 3.05) is 43.9 Å². The second-order valence-electron chi connectivity index (χ2n) is 17.6. The maximum atomic E-state index is 13.8. The zero-order chi connectivity index (χ0) is 49.4. The molecule has 15 nitrogen and oxygen atoms in total. The van der Waals surface area contributed by atoms with Crippen molar-refractivity contribution < 1.29 is 32.8 Å². The smallest absolute Gasteiger partial charge is 0.356 e. The van der Waals surface area contributed by atoms with E-state index >= 15 is 0 Å². The average molecular weight is 984 g/mol. The molecule has 17 heteroatoms. The Kier molecular flexibility index (Phi) is 15.8. The van der Waals surface area contributed by atoms with Gasteiger partial charge in [-0.1, -0.05) is 67.6 Å². The molecule has 0 unspecified atom stereocenters. The number of pyridine rings is 1. The molecule has 0 saturated carbocycles. The molecule has 5 aromatic carbocycles. The minimum Gasteiger partial charge on any atom is -0.493 e. The monoisotopic (exact) mass is 983 g/mol. The fourth-order valence-electron chi connectivity index (χ4n) is 9.29. The van der Waals surface area contributed by atoms with Gasteiger partial charge in [0.2, 0.25) is 0 Å². The molecule has 3 heterocycles. The molecule has 0 bridgehead atoms. The molecule has 0 spiro atoms. The lowest BCUT2D eigenvalue weighted by Gasteiger charge is -2.33. The minimum absolute atomic E-state index is 0.0467. The Bertz CT molecular complexity index is 3110. The van der Waals surface area contributed by atoms with E-state index < -0.39 is 37.4 Å². The standard InChI is InChI=1S/C53H57N7O8S2/c1-4-54-39-24-27-58(28-25-39)29-26-40(34-69-41-15-6-5-7-16-41)55-45-23-22-42(33-48(45)60(64)65)70(66,67)57-52(61)38-31-35(2)50(36(3)32-38)47-20-11-19-46-44(51(53(62)63)56-59(46)47)18-12-30-68-49-21-10-14-37-13-8-9-17-43(37)49/h5-11,13-17,19-23,31-33,39-40,54-55H,4,12,18,24-30,34H2,1-3H3,(H,57,61)(H,62,63)/t40-/m1/s1. The predicted molar refractivity (Wildman–Crippen MR) is 275 cm³/mol. The molecule has 1 saturated heterocycles. The third-order valence-corrected chi connectivity index (χ3v) is 15.2. The third-order valence-electron chi connectivity index (χ3n) is 12.7. The number of benzene rings is 5. The van der Waals surface area contributed by atoms with Crippen molar-refractivity contribution in [2.24, 2.45) is 0 Å². The number of nitro benzene ring substituents is 1. The summed E-state index contributed by atoms with van der Waals surface area (Å²) in [5, 5.41) is 36.3. The Hall–Kier alpha value is -6.79. The van der Waals surface area contributed by atoms with Gasteiger partial charge in [-0.3, -0.25) is 14.9 Å². The Morgan fingerprint density at radius 1 is 0.929 bits per heavy atom. The van der Waals surface area contributed by atoms with Crippen molar-refractivity contribution in [3.05, 3.63) is 159 Å². The van der Waals surface area contributed by atoms with E-state index in [4.69, 9.17) is 4.74 Å². The molecule has 1 amide bonds. The van der Waals surface area contributed by atoms with Crippen molar-refractivity contribution in [3.8, 4) is 17.0 Å². The summed E-state index contributed by atoms with van der Waals surface area (Å²) in [5.74, 6) is -0.718. The maximum Gasteiger partial charge on any atom is 0.356 e. The molecule has 1 aliphatic heterocycles. The normalized spacial score (nSPS) is 13.9. The highest BCUT2D eigenvalue weighted by atomic mass is 32.2. The number of hydrogen-bond donors (Lipinski definition) is 4. The van der Waals surface area contributed by atoms with Gasteiger partial charge in [0.15, 0.2) is 5.69 Å². The lowest BCUT2D eigenvalue weighted by atomic mass is 9.96. The zero-order valence-electron chi connectivity index (χ0n) is 39.4. The Morgan fingerprint density at radius 2 is 1.64 bits per heavy atom. The lowest BCUT2D eigenvalue weighted by Crippen LogP contribution is -2.43. The second kappa shape index (κ2) is 22.3. The van der Waals surface area contributed by atoms with Crippen LogP contribution >= 0.6 is 11.8 Å². The first kappa shape index (κ1) is 49.6. The van der Waals surface area contributed by atoms with Gasteiger partial charge >= 0.3 is 5.97 Å². The highest BCUT2D eigenvalue weighted by molar-refractivity contribution is 7.99. The first-order chi connectivity index (χ1) is 33.8. The first-order valence-corrected chi connectivity index (χ1v) is 26.0. The van der Waals surface area contributed by atoms with Crippen molar-refractivity contribution >= 4 is 61.3 Å². The maximum absolute atomic E-state index is 13.8. The summed E-state index contributed by atoms with van der Waals surface area (Å²) >= 11 is 1.64. The third kappa shape index (κ3) is 11.6. The van der Waals surface area contributed by atoms with Crippen LogP contribution in [-0.4, -0.2) is 95.5 Å². The molecular weight excluding hydrogens is 927 g/mol. The lowest BCUT2D eigenvalue weighted by molar-refractivity contribution is -0.384. The molecule has 364 valence electrons. The molecule has 0 radical (unpaired) electrons. The number of carboxylic acid groups (broad SMARTS) is 1. The van der Waals surface area contributed by atoms with E-state index in [0.29, 0.717) is 71.1 Å². The highest BCUT2D eigenvalue weighted by Crippen LogP contribution is 2.34. The molecular formula is C53H57N7O8S2. The number of ether oxygens (including phenoxy) is 1. The molecule has 0 aliphatic carbocycles. The summed E-state index contributed by atoms with van der Waals surface area (Å²) in [5.41, 5.74) is 3.38. The number of anilines is 1. The SMILES string of the molecule is CCNC1CCN(CC[C@H](CSc2ccccc2)Nc2ccc(S(=O)(=O)NC(=O)c3cc(C)c(-c4cccc5c(CCCOc6cccc7ccccc67)c(C(=O)O)nn45)c(C)c3)cc2[N+](=O)[O-])CC1. The van der Waals surface area contributed by atoms with Crippen LogP contribution in [0.1, 0.15) is 70.1 Å². The molecule has 2 aromatic heterocycles. The van der Waals surface area contributed by atoms with Gasteiger partial charge in [-0.05, 0) is 137 Å². The fraction of sp³-hybridized carbons (Fsp3) is 0.302. The number of hydrogen-bond acceptors (Lipinski definition) is 12. The highest BCUT2D eigenvalue weighted by Gasteiger charge is 2.28. The van der Waals surface area contributed by atoms with Crippen LogP contribution < -0.4 is 20.1 Å². The van der Waals surface area contributed by atoms with Gasteiger partial charge in [-0.25, -0.2) is 22.4 Å². The number of carbonyl (C=O) groups is 2. The molecule has 7 aromatic rings. The number of thioether (sulfide) groups is 1. The number of likely N-dealkylation sites (tertiary alicyclic amines) is 1. The number of carboxylic acids is 1. The number of nitrogens with zero attached hydrogens (tertiary/aromatic N) is 4. The van der Waals surface area contributed by atoms with Gasteiger partial charge in [0.1, 0.15) is 11.4 Å². The Morgan fingerprint density at radius 3 is 2.37 bits per heavy atom. The largest absolute Gasteiger partial charge is 0.493 e. The van der Waals surface area contributed by atoms with Crippen LogP contribution in [0.4, 0.5) is 11.4 Å². The van der Waals surface area contributed by atoms with Gasteiger partial charge < -0.3 is 25.4 Å². The number of sulfonamides is 1. The first-order valence-electron chi connectivity index (χ1n) is 23.5. The van der Waals surface area contributed by atoms with Crippen molar-refractivity contribution in [2.45, 2.75) is 74.7 Å². The summed E-state index contributed by atoms with van der Waals surface area (Å²) in [4.78, 5) is 41.2. The van der Waals surface area contributed by atoms with E-state index in [9.17, 15) is 33.2 Å². The number of fused-ring (bicyclic) bond motifs is 2. The van der Waals surface area contributed by atoms with Crippen LogP contribution in [0.15, 0.2) is 131 Å². The van der Waals surface area contributed by atoms with E-state index in [1.54, 1.807) is 42.3 Å². The van der Waals surface area contributed by atoms with Crippen molar-refractivity contribution in [1.29, 1.82) is 0 Å². The number of rotatable bonds is 21. The molecule has 4 N–H and O–H groups in total. The van der Waals surface area contributed by atoms with E-state index in [-0.39, 0.29) is 23.0 Å². The van der Waals surface area contributed by atoms with Crippen LogP contribution in [0, 0.1) is 24.0 Å². The van der Waals surface area contributed by atoms with Gasteiger partial charge in [-0.15, -0.1) is 11.8 Å². The summed E-state index contributed by atoms with van der Waals surface area (Å²) in [6, 6.07) is 36.2. The summed E-state index contributed by atoms with van der Waals surface area (Å²) in [6.07, 6.45) is 3.74. The van der Waals surface area contributed by atoms with Crippen molar-refractivity contribution in [3.63, 3.8) is 0 Å². The number of piperidine rings is 1. The predicted octanol–water partition coefficient (Wildman–Crippen LogP) is 9.54. The minimum atomic E-state index is -4.58. The molecule has 1 atom stereocenters. The van der Waals surface area contributed by atoms with Crippen molar-refractivity contribution in [1.82, 2.24) is 24.6 Å². The molecule has 8 rings (SSSR count). The molecule has 1 fully saturated rings. The topological polar surface area (TPSA) is 198 Å². The molecule has 70 heavy (non-hydrogen) atoms. The summed E-state index contributed by atoms with van der Waals surface area (Å²) in [7, 11) is -4.58. The van der Waals surface area contributed by atoms with Crippen LogP contribution in [0.2, 0.25) is 0 Å². The zero-order valence-corrected chi connectivity index (χ0v) is 41.0. The molecule has 1 aliphatic rings. The van der Waals surface area contributed by atoms with E-state index in [1.807, 2.05) is 91.0 Å². The van der Waals surface area contributed by atoms with E-state index in [2.05, 4.69) is 32.3 Å². The van der Waals surface area contributed by atoms with Crippen LogP contribution in [0.25, 0.3) is 27.5 Å². The van der Waals surface area contributed by atoms with Crippen LogP contribution in [-0.2, 0) is 16.4 Å². The quantitative estimate of drug-likeness (QED) is 0.0230. The fourth-order valence-corrected chi connectivity index (χ4v) is 11.3. The number of amides is 1. The Balaban J connectivity index is 0.969. The van der Waals surface area contributed by atoms with Crippen LogP contribution in [0.3, 0.4) is 0 Å². The van der Waals surface area contributed by atoms with Gasteiger partial charge in [0.25, 0.3) is 21.6 Å². The summed E-state index contributed by atoms with van der Waals surface area (Å²) < 4.78 is 37.4. The van der Waals surface area contributed by atoms with Gasteiger partial charge in [0.05, 0.1) is 27.6 Å². The number of aromatic carboxylic acids is 1. The van der Waals surface area contributed by atoms with E-state index in [1.165, 1.54) is 12.1 Å². The van der Waals surface area contributed by atoms with E-state index in [0.717, 1.165) is 66.5 Å². The Labute approximate surface area is 411 Å². The number of nitrogens with one attached hydrogen (secondary N) is 3. The van der Waals surface area contributed by atoms with Gasteiger partial charge in [-0.2, -0.15) is 5.10 Å². The number of aromatic nitrogens is 2. The summed E-state index contributed by atoms with van der Waals surface area (Å²) in [6.45, 7) is 9.67. The average Bonchev–Trinajstić information content (AvgIpc) is 3.73. The second-order valence-corrected chi connectivity index (χ2v) is 20.3. The number of aryl methyl sites for hydroxylation is 3. The number of nitro groups is 1. The number of carbonyl (C=O) groups excluding carboxylic acids is 1.